The van der Waals surface area contributed by atoms with Gasteiger partial charge in [-0.1, -0.05) is 80.6 Å². The fraction of sp³-hybridized carbons (Fsp3) is 0.250. The molecule has 4 heteroatoms. The van der Waals surface area contributed by atoms with Gasteiger partial charge in [-0.3, -0.25) is 4.79 Å². The molecule has 0 aliphatic carbocycles. The third-order valence-corrected chi connectivity index (χ3v) is 4.07. The quantitative estimate of drug-likeness (QED) is 0.680. The van der Waals surface area contributed by atoms with E-state index >= 15 is 0 Å². The number of aromatic nitrogens is 3. The van der Waals surface area contributed by atoms with E-state index in [0.29, 0.717) is 12.2 Å². The van der Waals surface area contributed by atoms with E-state index in [4.69, 9.17) is 0 Å². The molecule has 2 aromatic carbocycles. The average molecular weight is 319 g/mol. The molecule has 4 nitrogen and oxygen atoms in total. The van der Waals surface area contributed by atoms with Crippen LogP contribution in [0.5, 0.6) is 0 Å². The van der Waals surface area contributed by atoms with Crippen molar-refractivity contribution in [3.8, 4) is 11.3 Å². The number of hydrogen-bond donors (Lipinski definition) is 0. The molecule has 0 atom stereocenters. The van der Waals surface area contributed by atoms with Crippen LogP contribution in [0.2, 0.25) is 0 Å². The number of hydrogen-bond acceptors (Lipinski definition) is 3. The zero-order chi connectivity index (χ0) is 17.2. The van der Waals surface area contributed by atoms with E-state index in [1.807, 2.05) is 42.5 Å². The predicted octanol–water partition coefficient (Wildman–Crippen LogP) is 4.10. The predicted molar refractivity (Wildman–Crippen MR) is 95.1 cm³/mol. The van der Waals surface area contributed by atoms with Gasteiger partial charge >= 0.3 is 0 Å². The Labute approximate surface area is 142 Å². The van der Waals surface area contributed by atoms with E-state index in [0.717, 1.165) is 23.1 Å². The molecule has 3 aromatic rings. The number of rotatable bonds is 4. The molecular formula is C20H21N3O. The first-order valence-corrected chi connectivity index (χ1v) is 8.02. The standard InChI is InChI=1S/C20H21N3O/c1-20(2,3)17-11-9-16(10-12-17)19-18(14-24)21-22-23(19)13-15-7-5-4-6-8-15/h4-12,14H,13H2,1-3H3. The summed E-state index contributed by atoms with van der Waals surface area (Å²) in [5, 5.41) is 8.19. The Bertz CT molecular complexity index is 828. The molecular weight excluding hydrogens is 298 g/mol. The summed E-state index contributed by atoms with van der Waals surface area (Å²) in [6.45, 7) is 7.12. The van der Waals surface area contributed by atoms with Crippen molar-refractivity contribution in [2.45, 2.75) is 32.7 Å². The number of aldehydes is 1. The molecule has 1 aromatic heterocycles. The van der Waals surface area contributed by atoms with E-state index in [-0.39, 0.29) is 5.41 Å². The second-order valence-electron chi connectivity index (χ2n) is 6.91. The number of carbonyl (C=O) groups excluding carboxylic acids is 1. The molecule has 0 spiro atoms. The van der Waals surface area contributed by atoms with Crippen molar-refractivity contribution >= 4 is 6.29 Å². The normalized spacial score (nSPS) is 11.5. The van der Waals surface area contributed by atoms with Gasteiger partial charge < -0.3 is 0 Å². The van der Waals surface area contributed by atoms with Gasteiger partial charge in [-0.15, -0.1) is 5.10 Å². The average Bonchev–Trinajstić information content (AvgIpc) is 2.98. The highest BCUT2D eigenvalue weighted by molar-refractivity contribution is 5.83. The summed E-state index contributed by atoms with van der Waals surface area (Å²) in [5.74, 6) is 0. The number of benzene rings is 2. The first-order chi connectivity index (χ1) is 11.5. The monoisotopic (exact) mass is 319 g/mol. The van der Waals surface area contributed by atoms with Crippen molar-refractivity contribution in [1.29, 1.82) is 0 Å². The van der Waals surface area contributed by atoms with Gasteiger partial charge in [0.2, 0.25) is 0 Å². The van der Waals surface area contributed by atoms with Crippen LogP contribution in [0.15, 0.2) is 54.6 Å². The van der Waals surface area contributed by atoms with Gasteiger partial charge in [0.05, 0.1) is 12.2 Å². The highest BCUT2D eigenvalue weighted by Gasteiger charge is 2.17. The first-order valence-electron chi connectivity index (χ1n) is 8.02. The van der Waals surface area contributed by atoms with Crippen LogP contribution in [-0.2, 0) is 12.0 Å². The van der Waals surface area contributed by atoms with Gasteiger partial charge in [-0.25, -0.2) is 4.68 Å². The maximum Gasteiger partial charge on any atom is 0.172 e. The van der Waals surface area contributed by atoms with Crippen molar-refractivity contribution in [1.82, 2.24) is 15.0 Å². The van der Waals surface area contributed by atoms with Crippen LogP contribution in [0.4, 0.5) is 0 Å². The van der Waals surface area contributed by atoms with Crippen molar-refractivity contribution in [3.05, 3.63) is 71.4 Å². The molecule has 122 valence electrons. The summed E-state index contributed by atoms with van der Waals surface area (Å²) in [6, 6.07) is 18.3. The molecule has 3 rings (SSSR count). The Morgan fingerprint density at radius 1 is 1.00 bits per heavy atom. The molecule has 0 amide bonds. The lowest BCUT2D eigenvalue weighted by atomic mass is 9.86. The van der Waals surface area contributed by atoms with Gasteiger partial charge in [-0.05, 0) is 16.5 Å². The fourth-order valence-corrected chi connectivity index (χ4v) is 2.70. The van der Waals surface area contributed by atoms with Crippen LogP contribution in [0.25, 0.3) is 11.3 Å². The van der Waals surface area contributed by atoms with Crippen molar-refractivity contribution in [2.24, 2.45) is 0 Å². The third-order valence-electron chi connectivity index (χ3n) is 4.07. The summed E-state index contributed by atoms with van der Waals surface area (Å²) in [7, 11) is 0. The topological polar surface area (TPSA) is 47.8 Å². The van der Waals surface area contributed by atoms with Gasteiger partial charge in [0.15, 0.2) is 12.0 Å². The van der Waals surface area contributed by atoms with E-state index in [1.54, 1.807) is 4.68 Å². The smallest absolute Gasteiger partial charge is 0.172 e. The maximum absolute atomic E-state index is 11.4. The Balaban J connectivity index is 2.00. The van der Waals surface area contributed by atoms with Crippen LogP contribution in [-0.4, -0.2) is 21.3 Å². The molecule has 0 aliphatic heterocycles. The van der Waals surface area contributed by atoms with E-state index in [2.05, 4.69) is 43.2 Å². The van der Waals surface area contributed by atoms with Crippen LogP contribution in [0.1, 0.15) is 42.4 Å². The zero-order valence-electron chi connectivity index (χ0n) is 14.2. The van der Waals surface area contributed by atoms with Crippen LogP contribution >= 0.6 is 0 Å². The molecule has 0 fully saturated rings. The second kappa shape index (κ2) is 6.40. The summed E-state index contributed by atoms with van der Waals surface area (Å²) in [4.78, 5) is 11.4. The van der Waals surface area contributed by atoms with E-state index in [1.165, 1.54) is 5.56 Å². The molecule has 0 saturated carbocycles. The summed E-state index contributed by atoms with van der Waals surface area (Å²) < 4.78 is 1.78. The molecule has 0 unspecified atom stereocenters. The number of carbonyl (C=O) groups is 1. The molecule has 0 aliphatic rings. The summed E-state index contributed by atoms with van der Waals surface area (Å²) in [6.07, 6.45) is 0.765. The Hall–Kier alpha value is -2.75. The summed E-state index contributed by atoms with van der Waals surface area (Å²) >= 11 is 0. The molecule has 0 N–H and O–H groups in total. The van der Waals surface area contributed by atoms with Crippen LogP contribution in [0.3, 0.4) is 0 Å². The van der Waals surface area contributed by atoms with E-state index < -0.39 is 0 Å². The van der Waals surface area contributed by atoms with Crippen LogP contribution in [0, 0.1) is 0 Å². The number of nitrogens with zero attached hydrogens (tertiary/aromatic N) is 3. The Morgan fingerprint density at radius 3 is 2.25 bits per heavy atom. The third kappa shape index (κ3) is 3.27. The van der Waals surface area contributed by atoms with Gasteiger partial charge in [-0.2, -0.15) is 0 Å². The van der Waals surface area contributed by atoms with Crippen LogP contribution < -0.4 is 0 Å². The van der Waals surface area contributed by atoms with Gasteiger partial charge in [0.1, 0.15) is 0 Å². The lowest BCUT2D eigenvalue weighted by molar-refractivity contribution is 0.111. The lowest BCUT2D eigenvalue weighted by Gasteiger charge is -2.19. The molecule has 1 heterocycles. The highest BCUT2D eigenvalue weighted by Crippen LogP contribution is 2.27. The van der Waals surface area contributed by atoms with E-state index in [9.17, 15) is 4.79 Å². The second-order valence-corrected chi connectivity index (χ2v) is 6.91. The van der Waals surface area contributed by atoms with Crippen molar-refractivity contribution in [3.63, 3.8) is 0 Å². The zero-order valence-corrected chi connectivity index (χ0v) is 14.2. The fourth-order valence-electron chi connectivity index (χ4n) is 2.70. The lowest BCUT2D eigenvalue weighted by Crippen LogP contribution is -2.10. The minimum atomic E-state index is 0.0918. The van der Waals surface area contributed by atoms with Crippen molar-refractivity contribution < 1.29 is 4.79 Å². The minimum Gasteiger partial charge on any atom is -0.296 e. The first kappa shape index (κ1) is 16.1. The maximum atomic E-state index is 11.4. The van der Waals surface area contributed by atoms with Gasteiger partial charge in [0, 0.05) is 5.56 Å². The summed E-state index contributed by atoms with van der Waals surface area (Å²) in [5.41, 5.74) is 4.54. The Morgan fingerprint density at radius 2 is 1.67 bits per heavy atom. The molecule has 0 bridgehead atoms. The molecule has 24 heavy (non-hydrogen) atoms. The SMILES string of the molecule is CC(C)(C)c1ccc(-c2c(C=O)nnn2Cc2ccccc2)cc1. The highest BCUT2D eigenvalue weighted by atomic mass is 16.1. The van der Waals surface area contributed by atoms with Gasteiger partial charge in [0.25, 0.3) is 0 Å². The largest absolute Gasteiger partial charge is 0.296 e. The molecule has 0 radical (unpaired) electrons. The Kier molecular flexibility index (Phi) is 4.30. The van der Waals surface area contributed by atoms with Crippen molar-refractivity contribution in [2.75, 3.05) is 0 Å². The molecule has 0 saturated heterocycles. The minimum absolute atomic E-state index is 0.0918.